The largest absolute Gasteiger partial charge is 0.481 e. The summed E-state index contributed by atoms with van der Waals surface area (Å²) in [7, 11) is 1.43. The van der Waals surface area contributed by atoms with E-state index in [0.717, 1.165) is 10.0 Å². The van der Waals surface area contributed by atoms with E-state index in [4.69, 9.17) is 10.5 Å². The molecule has 1 unspecified atom stereocenters. The van der Waals surface area contributed by atoms with E-state index in [1.54, 1.807) is 19.1 Å². The van der Waals surface area contributed by atoms with Crippen LogP contribution in [0.15, 0.2) is 22.7 Å². The zero-order valence-corrected chi connectivity index (χ0v) is 13.2. The van der Waals surface area contributed by atoms with E-state index in [-0.39, 0.29) is 6.04 Å². The number of amides is 3. The van der Waals surface area contributed by atoms with Crippen LogP contribution in [0.2, 0.25) is 0 Å². The van der Waals surface area contributed by atoms with E-state index in [2.05, 4.69) is 26.6 Å². The fourth-order valence-electron chi connectivity index (χ4n) is 1.50. The van der Waals surface area contributed by atoms with Gasteiger partial charge < -0.3 is 15.8 Å². The Bertz CT molecular complexity index is 506. The van der Waals surface area contributed by atoms with Crippen molar-refractivity contribution in [1.29, 1.82) is 0 Å². The Morgan fingerprint density at radius 1 is 1.35 bits per heavy atom. The van der Waals surface area contributed by atoms with Gasteiger partial charge in [0.15, 0.2) is 6.10 Å². The quantitative estimate of drug-likeness (QED) is 0.775. The van der Waals surface area contributed by atoms with Gasteiger partial charge in [0.1, 0.15) is 5.75 Å². The Morgan fingerprint density at radius 3 is 2.55 bits per heavy atom. The Labute approximate surface area is 126 Å². The standard InChI is InChI=1S/C13H18BrN3O3/c1-7(15)10-6-9(14)4-5-11(10)20-8(2)12(18)17-13(19)16-3/h4-8H,15H2,1-3H3,(H2,16,17,18,19)/t7-,8?/m0/s1. The third-order valence-corrected chi connectivity index (χ3v) is 3.09. The van der Waals surface area contributed by atoms with Gasteiger partial charge in [-0.15, -0.1) is 0 Å². The van der Waals surface area contributed by atoms with Gasteiger partial charge in [-0.05, 0) is 32.0 Å². The monoisotopic (exact) mass is 343 g/mol. The van der Waals surface area contributed by atoms with E-state index in [0.29, 0.717) is 5.75 Å². The lowest BCUT2D eigenvalue weighted by Crippen LogP contribution is -2.44. The van der Waals surface area contributed by atoms with Crippen LogP contribution < -0.4 is 21.1 Å². The van der Waals surface area contributed by atoms with Crippen LogP contribution in [0.5, 0.6) is 5.75 Å². The van der Waals surface area contributed by atoms with Crippen LogP contribution in [0, 0.1) is 0 Å². The zero-order valence-electron chi connectivity index (χ0n) is 11.6. The SMILES string of the molecule is CNC(=O)NC(=O)C(C)Oc1ccc(Br)cc1[C@H](C)N. The highest BCUT2D eigenvalue weighted by atomic mass is 79.9. The number of ether oxygens (including phenoxy) is 1. The van der Waals surface area contributed by atoms with Crippen molar-refractivity contribution in [3.05, 3.63) is 28.2 Å². The van der Waals surface area contributed by atoms with Gasteiger partial charge in [0.05, 0.1) is 0 Å². The molecule has 0 heterocycles. The molecule has 1 aromatic rings. The van der Waals surface area contributed by atoms with Crippen LogP contribution in [0.4, 0.5) is 4.79 Å². The molecule has 0 aliphatic rings. The van der Waals surface area contributed by atoms with Gasteiger partial charge in [-0.25, -0.2) is 4.79 Å². The van der Waals surface area contributed by atoms with Crippen molar-refractivity contribution >= 4 is 27.9 Å². The summed E-state index contributed by atoms with van der Waals surface area (Å²) < 4.78 is 6.45. The van der Waals surface area contributed by atoms with Crippen LogP contribution in [-0.2, 0) is 4.79 Å². The molecule has 110 valence electrons. The summed E-state index contributed by atoms with van der Waals surface area (Å²) in [6.07, 6.45) is -0.814. The van der Waals surface area contributed by atoms with Crippen LogP contribution in [-0.4, -0.2) is 25.1 Å². The van der Waals surface area contributed by atoms with Gasteiger partial charge in [-0.2, -0.15) is 0 Å². The lowest BCUT2D eigenvalue weighted by atomic mass is 10.1. The van der Waals surface area contributed by atoms with Gasteiger partial charge in [-0.1, -0.05) is 15.9 Å². The minimum atomic E-state index is -0.814. The first-order chi connectivity index (χ1) is 9.35. The molecular formula is C13H18BrN3O3. The van der Waals surface area contributed by atoms with Gasteiger partial charge in [0.2, 0.25) is 0 Å². The molecule has 0 radical (unpaired) electrons. The Morgan fingerprint density at radius 2 is 2.00 bits per heavy atom. The molecule has 0 saturated heterocycles. The number of urea groups is 1. The summed E-state index contributed by atoms with van der Waals surface area (Å²) in [5.41, 5.74) is 6.65. The number of nitrogens with two attached hydrogens (primary N) is 1. The highest BCUT2D eigenvalue weighted by molar-refractivity contribution is 9.10. The van der Waals surface area contributed by atoms with Crippen LogP contribution >= 0.6 is 15.9 Å². The molecule has 7 heteroatoms. The molecule has 3 amide bonds. The molecule has 0 aromatic heterocycles. The molecule has 0 fully saturated rings. The predicted octanol–water partition coefficient (Wildman–Crippen LogP) is 1.69. The van der Waals surface area contributed by atoms with Crippen molar-refractivity contribution in [2.45, 2.75) is 26.0 Å². The van der Waals surface area contributed by atoms with E-state index in [1.165, 1.54) is 7.05 Å². The maximum atomic E-state index is 11.7. The number of halogens is 1. The molecule has 1 aromatic carbocycles. The Hall–Kier alpha value is -1.60. The van der Waals surface area contributed by atoms with Crippen molar-refractivity contribution in [2.24, 2.45) is 5.73 Å². The van der Waals surface area contributed by atoms with Gasteiger partial charge in [-0.3, -0.25) is 10.1 Å². The number of carbonyl (C=O) groups excluding carboxylic acids is 2. The lowest BCUT2D eigenvalue weighted by Gasteiger charge is -2.18. The highest BCUT2D eigenvalue weighted by Gasteiger charge is 2.19. The fourth-order valence-corrected chi connectivity index (χ4v) is 1.88. The topological polar surface area (TPSA) is 93.5 Å². The Balaban J connectivity index is 2.82. The molecule has 1 rings (SSSR count). The summed E-state index contributed by atoms with van der Waals surface area (Å²) in [5.74, 6) is -0.00866. The summed E-state index contributed by atoms with van der Waals surface area (Å²) in [6.45, 7) is 3.38. The fraction of sp³-hybridized carbons (Fsp3) is 0.385. The molecule has 0 bridgehead atoms. The first kappa shape index (κ1) is 16.5. The third-order valence-electron chi connectivity index (χ3n) is 2.60. The second-order valence-electron chi connectivity index (χ2n) is 4.30. The molecule has 0 aliphatic carbocycles. The average molecular weight is 344 g/mol. The second kappa shape index (κ2) is 7.25. The normalized spacial score (nSPS) is 13.2. The molecule has 4 N–H and O–H groups in total. The summed E-state index contributed by atoms with van der Waals surface area (Å²) in [4.78, 5) is 22.8. The maximum absolute atomic E-state index is 11.7. The van der Waals surface area contributed by atoms with Crippen LogP contribution in [0.1, 0.15) is 25.5 Å². The predicted molar refractivity (Wildman–Crippen MR) is 79.4 cm³/mol. The summed E-state index contributed by atoms with van der Waals surface area (Å²) in [5, 5.41) is 4.45. The van der Waals surface area contributed by atoms with E-state index in [9.17, 15) is 9.59 Å². The number of benzene rings is 1. The van der Waals surface area contributed by atoms with Crippen molar-refractivity contribution in [1.82, 2.24) is 10.6 Å². The molecule has 0 spiro atoms. The number of rotatable bonds is 4. The third kappa shape index (κ3) is 4.50. The summed E-state index contributed by atoms with van der Waals surface area (Å²) in [6, 6.07) is 4.55. The molecule has 6 nitrogen and oxygen atoms in total. The van der Waals surface area contributed by atoms with E-state index < -0.39 is 18.0 Å². The Kier molecular flexibility index (Phi) is 5.97. The van der Waals surface area contributed by atoms with Crippen molar-refractivity contribution in [3.8, 4) is 5.75 Å². The minimum absolute atomic E-state index is 0.239. The number of hydrogen-bond donors (Lipinski definition) is 3. The van der Waals surface area contributed by atoms with E-state index in [1.807, 2.05) is 13.0 Å². The number of hydrogen-bond acceptors (Lipinski definition) is 4. The van der Waals surface area contributed by atoms with Gasteiger partial charge in [0.25, 0.3) is 5.91 Å². The van der Waals surface area contributed by atoms with Crippen molar-refractivity contribution in [2.75, 3.05) is 7.05 Å². The molecule has 0 aliphatic heterocycles. The van der Waals surface area contributed by atoms with Crippen molar-refractivity contribution < 1.29 is 14.3 Å². The van der Waals surface area contributed by atoms with Crippen molar-refractivity contribution in [3.63, 3.8) is 0 Å². The van der Waals surface area contributed by atoms with E-state index >= 15 is 0 Å². The van der Waals surface area contributed by atoms with Crippen LogP contribution in [0.3, 0.4) is 0 Å². The first-order valence-corrected chi connectivity index (χ1v) is 6.88. The second-order valence-corrected chi connectivity index (χ2v) is 5.21. The first-order valence-electron chi connectivity index (χ1n) is 6.09. The highest BCUT2D eigenvalue weighted by Crippen LogP contribution is 2.28. The van der Waals surface area contributed by atoms with Crippen LogP contribution in [0.25, 0.3) is 0 Å². The number of nitrogens with one attached hydrogen (secondary N) is 2. The molecular weight excluding hydrogens is 326 g/mol. The molecule has 2 atom stereocenters. The molecule has 0 saturated carbocycles. The molecule has 20 heavy (non-hydrogen) atoms. The number of imide groups is 1. The zero-order chi connectivity index (χ0) is 15.3. The summed E-state index contributed by atoms with van der Waals surface area (Å²) >= 11 is 3.36. The smallest absolute Gasteiger partial charge is 0.321 e. The average Bonchev–Trinajstić information content (AvgIpc) is 2.40. The minimum Gasteiger partial charge on any atom is -0.481 e. The maximum Gasteiger partial charge on any atom is 0.321 e. The lowest BCUT2D eigenvalue weighted by molar-refractivity contribution is -0.126. The van der Waals surface area contributed by atoms with Gasteiger partial charge >= 0.3 is 6.03 Å². The van der Waals surface area contributed by atoms with Gasteiger partial charge in [0, 0.05) is 23.1 Å². The number of carbonyl (C=O) groups is 2.